The molecule has 21 atom stereocenters. The standard InChI is InChI=1S/C42H72O15/c1-20-28(45)30(47)32(49)35(54-20)53-19-24-29(46)31(48)33(50)36(55-24)56-42(9,14-10-13-37(2,3)57-52)21-11-15-41(8)27(21)22(43)17-26-39(6)18-23(44)34(51)38(4,5)25(39)12-16-40(26,41)7/h10,13,20-36,43-52H,11-12,14-19H2,1-9H3/b13-10+/t20-,21-,22+,23+,24+,25-,26-,27-,28-,29+,30+,31-,32+,33+,34-,35+,36-,39-,40+,41+,42-/m0/s1. The maximum atomic E-state index is 12.4. The van der Waals surface area contributed by atoms with Crippen LogP contribution in [0.3, 0.4) is 0 Å². The van der Waals surface area contributed by atoms with E-state index in [1.807, 2.05) is 13.0 Å². The van der Waals surface area contributed by atoms with Crippen molar-refractivity contribution in [2.45, 2.75) is 198 Å². The molecule has 0 radical (unpaired) electrons. The van der Waals surface area contributed by atoms with E-state index in [0.717, 1.165) is 19.3 Å². The predicted molar refractivity (Wildman–Crippen MR) is 204 cm³/mol. The Morgan fingerprint density at radius 1 is 0.719 bits per heavy atom. The highest BCUT2D eigenvalue weighted by atomic mass is 17.1. The topological polar surface area (TPSA) is 248 Å². The van der Waals surface area contributed by atoms with Crippen molar-refractivity contribution in [1.29, 1.82) is 0 Å². The van der Waals surface area contributed by atoms with Gasteiger partial charge in [0.05, 0.1) is 36.6 Å². The van der Waals surface area contributed by atoms with Gasteiger partial charge in [-0.25, -0.2) is 4.89 Å². The van der Waals surface area contributed by atoms with E-state index in [1.54, 1.807) is 19.9 Å². The molecule has 10 N–H and O–H groups in total. The van der Waals surface area contributed by atoms with Crippen LogP contribution in [0.25, 0.3) is 0 Å². The molecule has 6 aliphatic rings. The summed E-state index contributed by atoms with van der Waals surface area (Å²) >= 11 is 0. The van der Waals surface area contributed by atoms with Gasteiger partial charge in [0, 0.05) is 0 Å². The fraction of sp³-hybridized carbons (Fsp3) is 0.952. The van der Waals surface area contributed by atoms with Crippen LogP contribution < -0.4 is 0 Å². The molecule has 15 heteroatoms. The van der Waals surface area contributed by atoms with E-state index in [1.165, 1.54) is 6.92 Å². The summed E-state index contributed by atoms with van der Waals surface area (Å²) < 4.78 is 24.2. The first-order chi connectivity index (χ1) is 26.3. The molecule has 330 valence electrons. The Kier molecular flexibility index (Phi) is 12.7. The highest BCUT2D eigenvalue weighted by Crippen LogP contribution is 2.76. The van der Waals surface area contributed by atoms with Gasteiger partial charge in [0.25, 0.3) is 0 Å². The molecule has 6 rings (SSSR count). The number of aliphatic hydroxyl groups is 9. The Bertz CT molecular complexity index is 1450. The minimum Gasteiger partial charge on any atom is -0.393 e. The highest BCUT2D eigenvalue weighted by molar-refractivity contribution is 5.21. The Balaban J connectivity index is 1.29. The van der Waals surface area contributed by atoms with Gasteiger partial charge in [-0.2, -0.15) is 0 Å². The van der Waals surface area contributed by atoms with Crippen molar-refractivity contribution >= 4 is 0 Å². The maximum Gasteiger partial charge on any atom is 0.187 e. The summed E-state index contributed by atoms with van der Waals surface area (Å²) in [6.45, 7) is 17.3. The minimum atomic E-state index is -1.72. The molecule has 0 bridgehead atoms. The zero-order chi connectivity index (χ0) is 42.4. The molecular weight excluding hydrogens is 744 g/mol. The number of hydrogen-bond acceptors (Lipinski definition) is 15. The summed E-state index contributed by atoms with van der Waals surface area (Å²) in [7, 11) is 0. The summed E-state index contributed by atoms with van der Waals surface area (Å²) in [6.07, 6.45) is -9.13. The third-order valence-electron chi connectivity index (χ3n) is 16.7. The van der Waals surface area contributed by atoms with Gasteiger partial charge in [-0.1, -0.05) is 46.8 Å². The number of ether oxygens (including phenoxy) is 4. The van der Waals surface area contributed by atoms with Crippen molar-refractivity contribution in [1.82, 2.24) is 0 Å². The van der Waals surface area contributed by atoms with Crippen LogP contribution in [0.15, 0.2) is 12.2 Å². The largest absolute Gasteiger partial charge is 0.393 e. The highest BCUT2D eigenvalue weighted by Gasteiger charge is 2.72. The fourth-order valence-electron chi connectivity index (χ4n) is 13.2. The van der Waals surface area contributed by atoms with E-state index >= 15 is 0 Å². The Morgan fingerprint density at radius 3 is 1.98 bits per heavy atom. The predicted octanol–water partition coefficient (Wildman–Crippen LogP) is 1.62. The van der Waals surface area contributed by atoms with Gasteiger partial charge in [-0.15, -0.1) is 0 Å². The average Bonchev–Trinajstić information content (AvgIpc) is 3.53. The zero-order valence-corrected chi connectivity index (χ0v) is 35.1. The van der Waals surface area contributed by atoms with E-state index in [-0.39, 0.29) is 46.3 Å². The van der Waals surface area contributed by atoms with Crippen LogP contribution in [0.5, 0.6) is 0 Å². The number of hydrogen-bond donors (Lipinski definition) is 10. The van der Waals surface area contributed by atoms with Crippen LogP contribution in [-0.2, 0) is 23.8 Å². The lowest BCUT2D eigenvalue weighted by molar-refractivity contribution is -0.348. The molecule has 0 amide bonds. The second-order valence-electron chi connectivity index (χ2n) is 20.8. The molecule has 2 heterocycles. The summed E-state index contributed by atoms with van der Waals surface area (Å²) in [4.78, 5) is 4.66. The first-order valence-electron chi connectivity index (χ1n) is 21.0. The Morgan fingerprint density at radius 2 is 1.33 bits per heavy atom. The van der Waals surface area contributed by atoms with Crippen LogP contribution in [0.2, 0.25) is 0 Å². The lowest BCUT2D eigenvalue weighted by Crippen LogP contribution is -2.68. The molecule has 0 aromatic carbocycles. The molecule has 6 fully saturated rings. The zero-order valence-electron chi connectivity index (χ0n) is 35.1. The molecule has 57 heavy (non-hydrogen) atoms. The van der Waals surface area contributed by atoms with E-state index in [9.17, 15) is 51.2 Å². The SMILES string of the molecule is C[C@@H]1O[C@@H](OC[C@H]2O[C@@H](O[C@@](C)(C/C=C/C(C)(C)OO)[C@H]3CC[C@]4(C)[C@@H]3[C@H](O)C[C@H]3[C@@]5(C)C[C@@H](O)[C@H](O)C(C)(C)[C@@H]5CC[C@]34C)[C@H](O)[C@@H](O)[C@@H]2O)[C@H](O)[C@H](O)[C@H]1O. The van der Waals surface area contributed by atoms with E-state index < -0.39 is 103 Å². The molecule has 0 spiro atoms. The molecule has 0 aromatic heterocycles. The molecule has 2 aliphatic heterocycles. The van der Waals surface area contributed by atoms with Gasteiger partial charge in [-0.3, -0.25) is 5.26 Å². The van der Waals surface area contributed by atoms with Crippen LogP contribution in [0.4, 0.5) is 0 Å². The van der Waals surface area contributed by atoms with Crippen LogP contribution >= 0.6 is 0 Å². The third-order valence-corrected chi connectivity index (χ3v) is 16.7. The number of rotatable bonds is 10. The quantitative estimate of drug-likeness (QED) is 0.0855. The van der Waals surface area contributed by atoms with Gasteiger partial charge in [0.1, 0.15) is 48.3 Å². The second-order valence-corrected chi connectivity index (χ2v) is 20.8. The van der Waals surface area contributed by atoms with Crippen molar-refractivity contribution in [3.63, 3.8) is 0 Å². The van der Waals surface area contributed by atoms with Crippen molar-refractivity contribution < 1.29 is 75.1 Å². The minimum absolute atomic E-state index is 0.0645. The second kappa shape index (κ2) is 15.8. The van der Waals surface area contributed by atoms with E-state index in [0.29, 0.717) is 19.3 Å². The average molecular weight is 817 g/mol. The van der Waals surface area contributed by atoms with Crippen LogP contribution in [0, 0.1) is 45.3 Å². The van der Waals surface area contributed by atoms with Gasteiger partial charge in [0.15, 0.2) is 12.6 Å². The molecule has 15 nitrogen and oxygen atoms in total. The van der Waals surface area contributed by atoms with Gasteiger partial charge >= 0.3 is 0 Å². The molecule has 4 aliphatic carbocycles. The monoisotopic (exact) mass is 816 g/mol. The molecular formula is C42H72O15. The van der Waals surface area contributed by atoms with Gasteiger partial charge < -0.3 is 64.9 Å². The number of fused-ring (bicyclic) bond motifs is 5. The Labute approximate surface area is 336 Å². The van der Waals surface area contributed by atoms with Crippen molar-refractivity contribution in [3.8, 4) is 0 Å². The fourth-order valence-corrected chi connectivity index (χ4v) is 13.2. The van der Waals surface area contributed by atoms with Crippen LogP contribution in [-0.4, -0.2) is 149 Å². The normalized spacial score (nSPS) is 52.5. The summed E-state index contributed by atoms with van der Waals surface area (Å²) in [5, 5.41) is 109. The van der Waals surface area contributed by atoms with E-state index in [4.69, 9.17) is 18.9 Å². The van der Waals surface area contributed by atoms with Crippen molar-refractivity contribution in [2.75, 3.05) is 6.61 Å². The van der Waals surface area contributed by atoms with Crippen LogP contribution in [0.1, 0.15) is 107 Å². The third kappa shape index (κ3) is 7.49. The molecule has 0 aromatic rings. The molecule has 4 saturated carbocycles. The lowest BCUT2D eigenvalue weighted by atomic mass is 9.35. The summed E-state index contributed by atoms with van der Waals surface area (Å²) in [5.41, 5.74) is -3.65. The molecule has 2 saturated heterocycles. The van der Waals surface area contributed by atoms with Crippen molar-refractivity contribution in [2.24, 2.45) is 45.3 Å². The van der Waals surface area contributed by atoms with E-state index in [2.05, 4.69) is 39.5 Å². The number of aliphatic hydroxyl groups excluding tert-OH is 9. The Hall–Kier alpha value is -0.860. The molecule has 0 unspecified atom stereocenters. The first kappa shape index (κ1) is 45.7. The van der Waals surface area contributed by atoms with Gasteiger partial charge in [0.2, 0.25) is 0 Å². The maximum absolute atomic E-state index is 12.4. The van der Waals surface area contributed by atoms with Gasteiger partial charge in [-0.05, 0) is 118 Å². The smallest absolute Gasteiger partial charge is 0.187 e. The van der Waals surface area contributed by atoms with Crippen molar-refractivity contribution in [3.05, 3.63) is 12.2 Å². The summed E-state index contributed by atoms with van der Waals surface area (Å²) in [5.74, 6) is -0.350. The first-order valence-corrected chi connectivity index (χ1v) is 21.0. The summed E-state index contributed by atoms with van der Waals surface area (Å²) in [6, 6.07) is 0. The lowest BCUT2D eigenvalue weighted by Gasteiger charge is -2.71.